The van der Waals surface area contributed by atoms with Gasteiger partial charge in [0, 0.05) is 32.1 Å². The second kappa shape index (κ2) is 7.40. The molecule has 0 unspecified atom stereocenters. The highest BCUT2D eigenvalue weighted by atomic mass is 16.5. The van der Waals surface area contributed by atoms with Crippen molar-refractivity contribution in [2.45, 2.75) is 26.8 Å². The number of carbonyl (C=O) groups excluding carboxylic acids is 1. The number of aryl methyl sites for hydroxylation is 1. The van der Waals surface area contributed by atoms with E-state index in [1.54, 1.807) is 0 Å². The van der Waals surface area contributed by atoms with Crippen LogP contribution in [0.5, 0.6) is 0 Å². The molecule has 1 aromatic heterocycles. The third kappa shape index (κ3) is 4.29. The summed E-state index contributed by atoms with van der Waals surface area (Å²) in [7, 11) is 0. The predicted molar refractivity (Wildman–Crippen MR) is 91.1 cm³/mol. The average Bonchev–Trinajstić information content (AvgIpc) is 3.02. The third-order valence-corrected chi connectivity index (χ3v) is 4.01. The summed E-state index contributed by atoms with van der Waals surface area (Å²) in [6.45, 7) is 6.56. The van der Waals surface area contributed by atoms with Crippen LogP contribution < -0.4 is 5.32 Å². The number of hydrogen-bond donors (Lipinski definition) is 1. The molecule has 1 amide bonds. The number of aromatic nitrogens is 2. The van der Waals surface area contributed by atoms with Crippen molar-refractivity contribution in [3.05, 3.63) is 47.4 Å². The Hall–Kier alpha value is -2.47. The van der Waals surface area contributed by atoms with Gasteiger partial charge in [-0.1, -0.05) is 41.1 Å². The van der Waals surface area contributed by atoms with Gasteiger partial charge >= 0.3 is 0 Å². The van der Waals surface area contributed by atoms with Crippen LogP contribution >= 0.6 is 0 Å². The van der Waals surface area contributed by atoms with Crippen molar-refractivity contribution in [1.29, 1.82) is 0 Å². The summed E-state index contributed by atoms with van der Waals surface area (Å²) in [6, 6.07) is 8.07. The van der Waals surface area contributed by atoms with Gasteiger partial charge in [0.05, 0.1) is 6.54 Å². The summed E-state index contributed by atoms with van der Waals surface area (Å²) in [6.07, 6.45) is 3.16. The Bertz CT molecular complexity index is 734. The Kier molecular flexibility index (Phi) is 5.05. The lowest BCUT2D eigenvalue weighted by atomic mass is 10.1. The van der Waals surface area contributed by atoms with Gasteiger partial charge in [-0.25, -0.2) is 0 Å². The molecule has 1 aliphatic heterocycles. The maximum Gasteiger partial charge on any atom is 0.241 e. The Morgan fingerprint density at radius 2 is 2.12 bits per heavy atom. The lowest BCUT2D eigenvalue weighted by Crippen LogP contribution is -2.34. The molecule has 2 heterocycles. The van der Waals surface area contributed by atoms with Gasteiger partial charge in [-0.05, 0) is 18.9 Å². The quantitative estimate of drug-likeness (QED) is 0.854. The van der Waals surface area contributed by atoms with Crippen molar-refractivity contribution in [3.63, 3.8) is 0 Å². The molecule has 6 heteroatoms. The van der Waals surface area contributed by atoms with Crippen molar-refractivity contribution in [2.24, 2.45) is 0 Å². The molecular weight excluding hydrogens is 304 g/mol. The fourth-order valence-electron chi connectivity index (χ4n) is 2.71. The zero-order chi connectivity index (χ0) is 16.9. The summed E-state index contributed by atoms with van der Waals surface area (Å²) in [4.78, 5) is 17.8. The molecule has 0 radical (unpaired) electrons. The molecule has 2 aromatic rings. The monoisotopic (exact) mass is 326 g/mol. The normalized spacial score (nSPS) is 15.2. The van der Waals surface area contributed by atoms with Crippen molar-refractivity contribution in [2.75, 3.05) is 19.6 Å². The minimum absolute atomic E-state index is 0.00679. The van der Waals surface area contributed by atoms with E-state index in [0.717, 1.165) is 25.1 Å². The molecule has 1 N–H and O–H groups in total. The molecule has 0 spiro atoms. The highest BCUT2D eigenvalue weighted by Gasteiger charge is 2.17. The van der Waals surface area contributed by atoms with Gasteiger partial charge in [-0.3, -0.25) is 9.69 Å². The van der Waals surface area contributed by atoms with Crippen LogP contribution in [-0.4, -0.2) is 40.6 Å². The lowest BCUT2D eigenvalue weighted by Gasteiger charge is -2.25. The Labute approximate surface area is 141 Å². The molecule has 0 saturated heterocycles. The van der Waals surface area contributed by atoms with Gasteiger partial charge in [0.1, 0.15) is 0 Å². The maximum absolute atomic E-state index is 11.0. The highest BCUT2D eigenvalue weighted by molar-refractivity contribution is 5.73. The highest BCUT2D eigenvalue weighted by Crippen LogP contribution is 2.18. The molecular formula is C18H22N4O2. The SMILES string of the molecule is CC(=O)NCC1=CCCN(Cc2nc(-c3ccc(C)cc3)no2)C1. The van der Waals surface area contributed by atoms with E-state index in [4.69, 9.17) is 4.52 Å². The summed E-state index contributed by atoms with van der Waals surface area (Å²) >= 11 is 0. The van der Waals surface area contributed by atoms with Crippen molar-refractivity contribution in [3.8, 4) is 11.4 Å². The Balaban J connectivity index is 1.60. The van der Waals surface area contributed by atoms with E-state index >= 15 is 0 Å². The van der Waals surface area contributed by atoms with E-state index in [9.17, 15) is 4.79 Å². The van der Waals surface area contributed by atoms with Gasteiger partial charge in [0.15, 0.2) is 0 Å². The second-order valence-corrected chi connectivity index (χ2v) is 6.15. The standard InChI is InChI=1S/C18H22N4O2/c1-13-5-7-16(8-6-13)18-20-17(24-21-18)12-22-9-3-4-15(11-22)10-19-14(2)23/h4-8H,3,9-12H2,1-2H3,(H,19,23). The number of nitrogens with one attached hydrogen (secondary N) is 1. The Morgan fingerprint density at radius 3 is 2.88 bits per heavy atom. The molecule has 3 rings (SSSR count). The van der Waals surface area contributed by atoms with Crippen LogP contribution in [-0.2, 0) is 11.3 Å². The molecule has 0 atom stereocenters. The second-order valence-electron chi connectivity index (χ2n) is 6.15. The number of rotatable bonds is 5. The van der Waals surface area contributed by atoms with Gasteiger partial charge in [0.25, 0.3) is 0 Å². The van der Waals surface area contributed by atoms with Crippen molar-refractivity contribution >= 4 is 5.91 Å². The van der Waals surface area contributed by atoms with Crippen LogP contribution in [0.3, 0.4) is 0 Å². The van der Waals surface area contributed by atoms with Gasteiger partial charge in [-0.15, -0.1) is 0 Å². The minimum atomic E-state index is -0.00679. The van der Waals surface area contributed by atoms with Crippen LogP contribution in [0.25, 0.3) is 11.4 Å². The smallest absolute Gasteiger partial charge is 0.241 e. The summed E-state index contributed by atoms with van der Waals surface area (Å²) in [5, 5.41) is 6.92. The first-order valence-corrected chi connectivity index (χ1v) is 8.14. The third-order valence-electron chi connectivity index (χ3n) is 4.01. The number of hydrogen-bond acceptors (Lipinski definition) is 5. The molecule has 0 fully saturated rings. The van der Waals surface area contributed by atoms with Crippen molar-refractivity contribution in [1.82, 2.24) is 20.4 Å². The van der Waals surface area contributed by atoms with Gasteiger partial charge in [-0.2, -0.15) is 4.98 Å². The molecule has 0 bridgehead atoms. The van der Waals surface area contributed by atoms with E-state index in [1.807, 2.05) is 31.2 Å². The molecule has 0 saturated carbocycles. The number of amides is 1. The predicted octanol–water partition coefficient (Wildman–Crippen LogP) is 2.31. The zero-order valence-corrected chi connectivity index (χ0v) is 14.1. The first-order valence-electron chi connectivity index (χ1n) is 8.14. The topological polar surface area (TPSA) is 71.3 Å². The van der Waals surface area contributed by atoms with Crippen molar-refractivity contribution < 1.29 is 9.32 Å². The van der Waals surface area contributed by atoms with Gasteiger partial charge < -0.3 is 9.84 Å². The lowest BCUT2D eigenvalue weighted by molar-refractivity contribution is -0.118. The van der Waals surface area contributed by atoms with Crippen LogP contribution in [0.4, 0.5) is 0 Å². The average molecular weight is 326 g/mol. The maximum atomic E-state index is 11.0. The molecule has 24 heavy (non-hydrogen) atoms. The van der Waals surface area contributed by atoms with E-state index in [0.29, 0.717) is 24.8 Å². The van der Waals surface area contributed by atoms with Crippen LogP contribution in [0.2, 0.25) is 0 Å². The molecule has 1 aromatic carbocycles. The Morgan fingerprint density at radius 1 is 1.33 bits per heavy atom. The van der Waals surface area contributed by atoms with Gasteiger partial charge in [0.2, 0.25) is 17.6 Å². The molecule has 126 valence electrons. The first kappa shape index (κ1) is 16.4. The molecule has 6 nitrogen and oxygen atoms in total. The zero-order valence-electron chi connectivity index (χ0n) is 14.1. The summed E-state index contributed by atoms with van der Waals surface area (Å²) in [5.74, 6) is 1.23. The first-order chi connectivity index (χ1) is 11.6. The van der Waals surface area contributed by atoms with E-state index in [2.05, 4.69) is 26.4 Å². The number of carbonyl (C=O) groups is 1. The summed E-state index contributed by atoms with van der Waals surface area (Å²) in [5.41, 5.74) is 3.38. The fourth-order valence-corrected chi connectivity index (χ4v) is 2.71. The van der Waals surface area contributed by atoms with E-state index < -0.39 is 0 Å². The van der Waals surface area contributed by atoms with Crippen LogP contribution in [0.1, 0.15) is 24.8 Å². The minimum Gasteiger partial charge on any atom is -0.353 e. The largest absolute Gasteiger partial charge is 0.353 e. The summed E-state index contributed by atoms with van der Waals surface area (Å²) < 4.78 is 5.39. The number of benzene rings is 1. The molecule has 0 aliphatic carbocycles. The molecule has 1 aliphatic rings. The van der Waals surface area contributed by atoms with E-state index in [1.165, 1.54) is 18.1 Å². The van der Waals surface area contributed by atoms with Crippen LogP contribution in [0, 0.1) is 6.92 Å². The number of nitrogens with zero attached hydrogens (tertiary/aromatic N) is 3. The fraction of sp³-hybridized carbons (Fsp3) is 0.389. The van der Waals surface area contributed by atoms with Crippen LogP contribution in [0.15, 0.2) is 40.4 Å². The van der Waals surface area contributed by atoms with E-state index in [-0.39, 0.29) is 5.91 Å².